The Kier molecular flexibility index (Phi) is 5.05. The number of aromatic nitrogens is 2. The van der Waals surface area contributed by atoms with Crippen LogP contribution in [-0.4, -0.2) is 31.5 Å². The monoisotopic (exact) mass is 312 g/mol. The van der Waals surface area contributed by atoms with Crippen LogP contribution in [-0.2, 0) is 17.9 Å². The average molecular weight is 313 g/mol. The number of hydrogen-bond donors (Lipinski definition) is 2. The number of aliphatic hydroxyl groups is 1. The van der Waals surface area contributed by atoms with Gasteiger partial charge in [-0.3, -0.25) is 4.79 Å². The lowest BCUT2D eigenvalue weighted by Gasteiger charge is -2.06. The Bertz CT molecular complexity index is 598. The number of aliphatic hydroxyl groups excluding tert-OH is 1. The van der Waals surface area contributed by atoms with Gasteiger partial charge in [0.25, 0.3) is 0 Å². The van der Waals surface area contributed by atoms with Crippen LogP contribution >= 0.6 is 23.4 Å². The lowest BCUT2D eigenvalue weighted by Crippen LogP contribution is -2.03. The first-order valence-corrected chi connectivity index (χ1v) is 7.21. The Morgan fingerprint density at radius 1 is 1.35 bits per heavy atom. The molecular weight excluding hydrogens is 300 g/mol. The van der Waals surface area contributed by atoms with Gasteiger partial charge in [0.15, 0.2) is 5.16 Å². The molecule has 20 heavy (non-hydrogen) atoms. The van der Waals surface area contributed by atoms with Gasteiger partial charge < -0.3 is 14.8 Å². The number of hydrogen-bond acceptors (Lipinski definition) is 4. The highest BCUT2D eigenvalue weighted by Gasteiger charge is 2.10. The van der Waals surface area contributed by atoms with Crippen molar-refractivity contribution in [2.45, 2.75) is 18.3 Å². The molecular formula is C13H13ClN2O3S. The summed E-state index contributed by atoms with van der Waals surface area (Å²) >= 11 is 6.96. The molecule has 7 heteroatoms. The molecule has 0 aliphatic carbocycles. The van der Waals surface area contributed by atoms with Gasteiger partial charge >= 0.3 is 5.97 Å². The fourth-order valence-electron chi connectivity index (χ4n) is 1.67. The van der Waals surface area contributed by atoms with E-state index in [2.05, 4.69) is 4.98 Å². The van der Waals surface area contributed by atoms with Crippen molar-refractivity contribution >= 4 is 29.3 Å². The van der Waals surface area contributed by atoms with Crippen molar-refractivity contribution in [1.29, 1.82) is 0 Å². The summed E-state index contributed by atoms with van der Waals surface area (Å²) in [5.74, 6) is -0.968. The molecule has 0 aliphatic rings. The lowest BCUT2D eigenvalue weighted by molar-refractivity contribution is -0.133. The highest BCUT2D eigenvalue weighted by molar-refractivity contribution is 7.99. The first kappa shape index (κ1) is 14.9. The second-order valence-corrected chi connectivity index (χ2v) is 5.49. The Morgan fingerprint density at radius 2 is 2.05 bits per heavy atom. The molecule has 106 valence electrons. The standard InChI is InChI=1S/C13H13ClN2O3S/c14-10-3-1-9(2-4-10)5-16-6-11(7-17)15-13(16)20-8-12(18)19/h1-4,6,17H,5,7-8H2,(H,18,19). The fraction of sp³-hybridized carbons (Fsp3) is 0.231. The first-order valence-electron chi connectivity index (χ1n) is 5.84. The van der Waals surface area contributed by atoms with Crippen molar-refractivity contribution in [3.05, 3.63) is 46.7 Å². The SMILES string of the molecule is O=C(O)CSc1nc(CO)cn1Cc1ccc(Cl)cc1. The van der Waals surface area contributed by atoms with E-state index in [1.54, 1.807) is 18.3 Å². The number of thioether (sulfide) groups is 1. The maximum atomic E-state index is 10.6. The summed E-state index contributed by atoms with van der Waals surface area (Å²) in [5, 5.41) is 19.1. The van der Waals surface area contributed by atoms with Crippen molar-refractivity contribution in [3.8, 4) is 0 Å². The van der Waals surface area contributed by atoms with Crippen molar-refractivity contribution < 1.29 is 15.0 Å². The summed E-state index contributed by atoms with van der Waals surface area (Å²) in [6, 6.07) is 7.38. The molecule has 0 atom stereocenters. The minimum absolute atomic E-state index is 0.0670. The number of carboxylic acid groups (broad SMARTS) is 1. The molecule has 0 spiro atoms. The van der Waals surface area contributed by atoms with Gasteiger partial charge in [-0.1, -0.05) is 35.5 Å². The van der Waals surface area contributed by atoms with E-state index in [-0.39, 0.29) is 12.4 Å². The predicted octanol–water partition coefficient (Wildman–Crippen LogP) is 2.25. The zero-order valence-corrected chi connectivity index (χ0v) is 12.1. The van der Waals surface area contributed by atoms with E-state index in [0.717, 1.165) is 17.3 Å². The molecule has 1 heterocycles. The number of rotatable bonds is 6. The number of benzene rings is 1. The van der Waals surface area contributed by atoms with Crippen LogP contribution in [0.1, 0.15) is 11.3 Å². The molecule has 0 radical (unpaired) electrons. The van der Waals surface area contributed by atoms with E-state index in [0.29, 0.717) is 22.4 Å². The van der Waals surface area contributed by atoms with Gasteiger partial charge in [-0.05, 0) is 17.7 Å². The maximum Gasteiger partial charge on any atom is 0.313 e. The summed E-state index contributed by atoms with van der Waals surface area (Å²) in [4.78, 5) is 14.8. The van der Waals surface area contributed by atoms with Gasteiger partial charge in [-0.2, -0.15) is 0 Å². The molecule has 2 rings (SSSR count). The molecule has 0 unspecified atom stereocenters. The first-order chi connectivity index (χ1) is 9.58. The van der Waals surface area contributed by atoms with Crippen LogP contribution in [0.25, 0.3) is 0 Å². The molecule has 2 aromatic rings. The summed E-state index contributed by atoms with van der Waals surface area (Å²) < 4.78 is 1.82. The normalized spacial score (nSPS) is 10.7. The van der Waals surface area contributed by atoms with E-state index < -0.39 is 5.97 Å². The fourth-order valence-corrected chi connectivity index (χ4v) is 2.51. The van der Waals surface area contributed by atoms with Crippen molar-refractivity contribution in [2.75, 3.05) is 5.75 Å². The number of aliphatic carboxylic acids is 1. The van der Waals surface area contributed by atoms with Gasteiger partial charge in [0, 0.05) is 17.8 Å². The summed E-state index contributed by atoms with van der Waals surface area (Å²) in [6.07, 6.45) is 1.72. The van der Waals surface area contributed by atoms with Gasteiger partial charge in [-0.15, -0.1) is 0 Å². The van der Waals surface area contributed by atoms with Crippen LogP contribution in [0.5, 0.6) is 0 Å². The second-order valence-electron chi connectivity index (χ2n) is 4.11. The van der Waals surface area contributed by atoms with Gasteiger partial charge in [0.2, 0.25) is 0 Å². The number of halogens is 1. The molecule has 0 aliphatic heterocycles. The molecule has 1 aromatic heterocycles. The maximum absolute atomic E-state index is 10.6. The molecule has 0 fully saturated rings. The quantitative estimate of drug-likeness (QED) is 0.800. The highest BCUT2D eigenvalue weighted by atomic mass is 35.5. The molecule has 5 nitrogen and oxygen atoms in total. The number of carbonyl (C=O) groups is 1. The van der Waals surface area contributed by atoms with Crippen LogP contribution in [0.4, 0.5) is 0 Å². The van der Waals surface area contributed by atoms with Crippen molar-refractivity contribution in [2.24, 2.45) is 0 Å². The Hall–Kier alpha value is -1.50. The molecule has 0 saturated carbocycles. The highest BCUT2D eigenvalue weighted by Crippen LogP contribution is 2.20. The van der Waals surface area contributed by atoms with Gasteiger partial charge in [-0.25, -0.2) is 4.98 Å². The average Bonchev–Trinajstić information content (AvgIpc) is 2.81. The third kappa shape index (κ3) is 4.00. The molecule has 1 aromatic carbocycles. The summed E-state index contributed by atoms with van der Waals surface area (Å²) in [6.45, 7) is 0.375. The minimum Gasteiger partial charge on any atom is -0.481 e. The second kappa shape index (κ2) is 6.78. The van der Waals surface area contributed by atoms with Gasteiger partial charge in [0.1, 0.15) is 0 Å². The predicted molar refractivity (Wildman–Crippen MR) is 77.1 cm³/mol. The van der Waals surface area contributed by atoms with E-state index in [9.17, 15) is 4.79 Å². The summed E-state index contributed by atoms with van der Waals surface area (Å²) in [7, 11) is 0. The topological polar surface area (TPSA) is 75.3 Å². The Labute approximate surface area is 125 Å². The number of nitrogens with zero attached hydrogens (tertiary/aromatic N) is 2. The summed E-state index contributed by atoms with van der Waals surface area (Å²) in [5.41, 5.74) is 1.54. The number of imidazole rings is 1. The third-order valence-electron chi connectivity index (χ3n) is 2.54. The minimum atomic E-state index is -0.901. The smallest absolute Gasteiger partial charge is 0.313 e. The zero-order valence-electron chi connectivity index (χ0n) is 10.5. The Balaban J connectivity index is 2.18. The van der Waals surface area contributed by atoms with Crippen LogP contribution in [0.2, 0.25) is 5.02 Å². The van der Waals surface area contributed by atoms with Crippen molar-refractivity contribution in [1.82, 2.24) is 9.55 Å². The van der Waals surface area contributed by atoms with Crippen LogP contribution in [0, 0.1) is 0 Å². The number of carboxylic acids is 1. The van der Waals surface area contributed by atoms with Crippen LogP contribution in [0.15, 0.2) is 35.6 Å². The molecule has 0 saturated heterocycles. The third-order valence-corrected chi connectivity index (χ3v) is 3.77. The Morgan fingerprint density at radius 3 is 2.65 bits per heavy atom. The zero-order chi connectivity index (χ0) is 14.5. The van der Waals surface area contributed by atoms with E-state index >= 15 is 0 Å². The van der Waals surface area contributed by atoms with E-state index in [1.165, 1.54) is 0 Å². The molecule has 0 bridgehead atoms. The van der Waals surface area contributed by atoms with E-state index in [4.69, 9.17) is 21.8 Å². The van der Waals surface area contributed by atoms with Crippen LogP contribution < -0.4 is 0 Å². The van der Waals surface area contributed by atoms with E-state index in [1.807, 2.05) is 16.7 Å². The van der Waals surface area contributed by atoms with Crippen LogP contribution in [0.3, 0.4) is 0 Å². The van der Waals surface area contributed by atoms with Gasteiger partial charge in [0.05, 0.1) is 18.1 Å². The molecule has 2 N–H and O–H groups in total. The lowest BCUT2D eigenvalue weighted by atomic mass is 10.2. The van der Waals surface area contributed by atoms with Crippen molar-refractivity contribution in [3.63, 3.8) is 0 Å². The largest absolute Gasteiger partial charge is 0.481 e. The molecule has 0 amide bonds.